The molecule has 1 amide bonds. The molecule has 5 heteroatoms. The Kier molecular flexibility index (Phi) is 4.58. The minimum Gasteiger partial charge on any atom is -0.364 e. The number of halogens is 1. The molecule has 4 nitrogen and oxygen atoms in total. The van der Waals surface area contributed by atoms with E-state index < -0.39 is 0 Å². The van der Waals surface area contributed by atoms with Crippen molar-refractivity contribution in [1.29, 1.82) is 0 Å². The van der Waals surface area contributed by atoms with Gasteiger partial charge in [0.2, 0.25) is 5.91 Å². The molecule has 2 atom stereocenters. The standard InChI is InChI=1S/C13H17ClN2O2/c14-10-3-1-2-9(6-10)8-16-13(17)12-5-4-11(7-15)18-12/h1-3,6,11-12H,4-5,7-8,15H2,(H,16,17). The number of amides is 1. The fourth-order valence-electron chi connectivity index (χ4n) is 2.02. The van der Waals surface area contributed by atoms with Crippen LogP contribution in [0, 0.1) is 0 Å². The Labute approximate surface area is 111 Å². The van der Waals surface area contributed by atoms with Crippen molar-refractivity contribution in [2.24, 2.45) is 5.73 Å². The zero-order valence-electron chi connectivity index (χ0n) is 10.1. The van der Waals surface area contributed by atoms with Crippen LogP contribution in [0.15, 0.2) is 24.3 Å². The van der Waals surface area contributed by atoms with Crippen molar-refractivity contribution in [3.63, 3.8) is 0 Å². The van der Waals surface area contributed by atoms with Crippen molar-refractivity contribution in [3.05, 3.63) is 34.9 Å². The third-order valence-electron chi connectivity index (χ3n) is 3.02. The minimum absolute atomic E-state index is 0.0203. The smallest absolute Gasteiger partial charge is 0.249 e. The molecule has 1 aromatic carbocycles. The molecule has 0 aliphatic carbocycles. The van der Waals surface area contributed by atoms with E-state index in [4.69, 9.17) is 22.1 Å². The van der Waals surface area contributed by atoms with E-state index in [0.717, 1.165) is 18.4 Å². The van der Waals surface area contributed by atoms with E-state index in [2.05, 4.69) is 5.32 Å². The molecule has 2 rings (SSSR count). The van der Waals surface area contributed by atoms with Crippen LogP contribution in [0.2, 0.25) is 5.02 Å². The summed E-state index contributed by atoms with van der Waals surface area (Å²) in [5.41, 5.74) is 6.48. The molecule has 0 bridgehead atoms. The first kappa shape index (κ1) is 13.3. The monoisotopic (exact) mass is 268 g/mol. The van der Waals surface area contributed by atoms with Crippen molar-refractivity contribution >= 4 is 17.5 Å². The number of carbonyl (C=O) groups is 1. The lowest BCUT2D eigenvalue weighted by Gasteiger charge is -2.12. The first-order chi connectivity index (χ1) is 8.69. The Bertz CT molecular complexity index is 425. The van der Waals surface area contributed by atoms with Gasteiger partial charge in [-0.3, -0.25) is 4.79 Å². The maximum absolute atomic E-state index is 11.9. The van der Waals surface area contributed by atoms with Crippen molar-refractivity contribution in [3.8, 4) is 0 Å². The third-order valence-corrected chi connectivity index (χ3v) is 3.25. The predicted molar refractivity (Wildman–Crippen MR) is 70.2 cm³/mol. The Morgan fingerprint density at radius 3 is 3.00 bits per heavy atom. The zero-order valence-corrected chi connectivity index (χ0v) is 10.8. The maximum Gasteiger partial charge on any atom is 0.249 e. The summed E-state index contributed by atoms with van der Waals surface area (Å²) in [4.78, 5) is 11.9. The van der Waals surface area contributed by atoms with E-state index >= 15 is 0 Å². The molecule has 0 spiro atoms. The van der Waals surface area contributed by atoms with Crippen molar-refractivity contribution in [2.45, 2.75) is 31.6 Å². The van der Waals surface area contributed by atoms with E-state index in [0.29, 0.717) is 18.1 Å². The lowest BCUT2D eigenvalue weighted by Crippen LogP contribution is -2.35. The van der Waals surface area contributed by atoms with Gasteiger partial charge in [0.1, 0.15) is 6.10 Å². The molecule has 18 heavy (non-hydrogen) atoms. The van der Waals surface area contributed by atoms with Gasteiger partial charge in [0.25, 0.3) is 0 Å². The summed E-state index contributed by atoms with van der Waals surface area (Å²) in [6, 6.07) is 7.42. The highest BCUT2D eigenvalue weighted by molar-refractivity contribution is 6.30. The van der Waals surface area contributed by atoms with Gasteiger partial charge in [-0.2, -0.15) is 0 Å². The quantitative estimate of drug-likeness (QED) is 0.869. The number of nitrogens with two attached hydrogens (primary N) is 1. The number of hydrogen-bond acceptors (Lipinski definition) is 3. The number of carbonyl (C=O) groups excluding carboxylic acids is 1. The topological polar surface area (TPSA) is 64.4 Å². The average Bonchev–Trinajstić information content (AvgIpc) is 2.85. The second kappa shape index (κ2) is 6.18. The predicted octanol–water partition coefficient (Wildman–Crippen LogP) is 1.46. The number of nitrogens with one attached hydrogen (secondary N) is 1. The highest BCUT2D eigenvalue weighted by atomic mass is 35.5. The van der Waals surface area contributed by atoms with Gasteiger partial charge in [-0.05, 0) is 30.5 Å². The van der Waals surface area contributed by atoms with Gasteiger partial charge in [0.15, 0.2) is 0 Å². The van der Waals surface area contributed by atoms with Crippen LogP contribution in [0.3, 0.4) is 0 Å². The molecule has 1 heterocycles. The molecule has 1 fully saturated rings. The molecule has 1 aromatic rings. The van der Waals surface area contributed by atoms with E-state index in [1.54, 1.807) is 6.07 Å². The SMILES string of the molecule is NCC1CCC(C(=O)NCc2cccc(Cl)c2)O1. The van der Waals surface area contributed by atoms with Gasteiger partial charge in [0.05, 0.1) is 6.10 Å². The van der Waals surface area contributed by atoms with Crippen LogP contribution in [-0.4, -0.2) is 24.7 Å². The summed E-state index contributed by atoms with van der Waals surface area (Å²) in [5.74, 6) is -0.0778. The molecule has 1 aliphatic rings. The molecular weight excluding hydrogens is 252 g/mol. The summed E-state index contributed by atoms with van der Waals surface area (Å²) >= 11 is 5.87. The molecule has 1 saturated heterocycles. The van der Waals surface area contributed by atoms with Gasteiger partial charge in [0, 0.05) is 18.1 Å². The first-order valence-electron chi connectivity index (χ1n) is 6.06. The summed E-state index contributed by atoms with van der Waals surface area (Å²) < 4.78 is 5.52. The second-order valence-electron chi connectivity index (χ2n) is 4.41. The summed E-state index contributed by atoms with van der Waals surface area (Å²) in [7, 11) is 0. The van der Waals surface area contributed by atoms with Crippen molar-refractivity contribution in [1.82, 2.24) is 5.32 Å². The lowest BCUT2D eigenvalue weighted by atomic mass is 10.2. The van der Waals surface area contributed by atoms with E-state index in [-0.39, 0.29) is 18.1 Å². The molecule has 1 aliphatic heterocycles. The lowest BCUT2D eigenvalue weighted by molar-refractivity contribution is -0.132. The third kappa shape index (κ3) is 3.45. The second-order valence-corrected chi connectivity index (χ2v) is 4.84. The Balaban J connectivity index is 1.82. The molecule has 98 valence electrons. The summed E-state index contributed by atoms with van der Waals surface area (Å²) in [5, 5.41) is 3.52. The zero-order chi connectivity index (χ0) is 13.0. The molecular formula is C13H17ClN2O2. The molecule has 0 saturated carbocycles. The number of hydrogen-bond donors (Lipinski definition) is 2. The van der Waals surface area contributed by atoms with Crippen LogP contribution in [0.1, 0.15) is 18.4 Å². The molecule has 3 N–H and O–H groups in total. The van der Waals surface area contributed by atoms with Gasteiger partial charge in [-0.25, -0.2) is 0 Å². The van der Waals surface area contributed by atoms with Crippen LogP contribution in [-0.2, 0) is 16.1 Å². The Morgan fingerprint density at radius 1 is 1.50 bits per heavy atom. The van der Waals surface area contributed by atoms with E-state index in [1.165, 1.54) is 0 Å². The highest BCUT2D eigenvalue weighted by Gasteiger charge is 2.29. The molecule has 0 radical (unpaired) electrons. The van der Waals surface area contributed by atoms with Crippen LogP contribution < -0.4 is 11.1 Å². The average molecular weight is 269 g/mol. The molecule has 0 aromatic heterocycles. The van der Waals surface area contributed by atoms with Gasteiger partial charge in [-0.15, -0.1) is 0 Å². The van der Waals surface area contributed by atoms with Gasteiger partial charge in [-0.1, -0.05) is 23.7 Å². The van der Waals surface area contributed by atoms with Crippen molar-refractivity contribution in [2.75, 3.05) is 6.54 Å². The van der Waals surface area contributed by atoms with Crippen LogP contribution in [0.4, 0.5) is 0 Å². The van der Waals surface area contributed by atoms with Crippen LogP contribution >= 0.6 is 11.6 Å². The summed E-state index contributed by atoms with van der Waals surface area (Å²) in [6.45, 7) is 0.935. The number of ether oxygens (including phenoxy) is 1. The number of benzene rings is 1. The number of rotatable bonds is 4. The first-order valence-corrected chi connectivity index (χ1v) is 6.44. The largest absolute Gasteiger partial charge is 0.364 e. The minimum atomic E-state index is -0.363. The fourth-order valence-corrected chi connectivity index (χ4v) is 2.23. The molecule has 2 unspecified atom stereocenters. The van der Waals surface area contributed by atoms with Crippen LogP contribution in [0.25, 0.3) is 0 Å². The van der Waals surface area contributed by atoms with E-state index in [9.17, 15) is 4.79 Å². The van der Waals surface area contributed by atoms with Gasteiger partial charge >= 0.3 is 0 Å². The normalized spacial score (nSPS) is 23.0. The highest BCUT2D eigenvalue weighted by Crippen LogP contribution is 2.19. The van der Waals surface area contributed by atoms with E-state index in [1.807, 2.05) is 18.2 Å². The van der Waals surface area contributed by atoms with Crippen LogP contribution in [0.5, 0.6) is 0 Å². The Morgan fingerprint density at radius 2 is 2.33 bits per heavy atom. The summed E-state index contributed by atoms with van der Waals surface area (Å²) in [6.07, 6.45) is 1.25. The fraction of sp³-hybridized carbons (Fsp3) is 0.462. The maximum atomic E-state index is 11.9. The van der Waals surface area contributed by atoms with Gasteiger partial charge < -0.3 is 15.8 Å². The Hall–Kier alpha value is -1.10. The van der Waals surface area contributed by atoms with Crippen molar-refractivity contribution < 1.29 is 9.53 Å².